The molecule has 7 heteroatoms. The summed E-state index contributed by atoms with van der Waals surface area (Å²) < 4.78 is 34.1. The Balaban J connectivity index is 1.80. The summed E-state index contributed by atoms with van der Waals surface area (Å²) in [6.07, 6.45) is 0. The van der Waals surface area contributed by atoms with E-state index in [2.05, 4.69) is 15.9 Å². The predicted octanol–water partition coefficient (Wildman–Crippen LogP) is 3.83. The standard InChI is InChI=1S/C14H12BrClO4S/c15-11-1-3-12(4-2-11)19-9-10-20-13-5-7-14(8-6-13)21(16,17)18/h1-8H,9-10H2. The highest BCUT2D eigenvalue weighted by Crippen LogP contribution is 2.19. The average Bonchev–Trinajstić information content (AvgIpc) is 2.45. The minimum absolute atomic E-state index is 0.0441. The number of hydrogen-bond donors (Lipinski definition) is 0. The molecule has 0 bridgehead atoms. The molecule has 2 aromatic rings. The zero-order valence-electron chi connectivity index (χ0n) is 10.8. The summed E-state index contributed by atoms with van der Waals surface area (Å²) in [6.45, 7) is 0.736. The fraction of sp³-hybridized carbons (Fsp3) is 0.143. The molecule has 0 unspecified atom stereocenters. The molecule has 0 radical (unpaired) electrons. The van der Waals surface area contributed by atoms with Crippen molar-refractivity contribution in [3.05, 3.63) is 53.0 Å². The molecule has 0 aliphatic carbocycles. The van der Waals surface area contributed by atoms with Crippen LogP contribution in [0.5, 0.6) is 11.5 Å². The highest BCUT2D eigenvalue weighted by atomic mass is 79.9. The van der Waals surface area contributed by atoms with E-state index in [4.69, 9.17) is 20.2 Å². The molecule has 0 fully saturated rings. The van der Waals surface area contributed by atoms with Crippen LogP contribution in [0.1, 0.15) is 0 Å². The Labute approximate surface area is 136 Å². The molecule has 2 aromatic carbocycles. The van der Waals surface area contributed by atoms with Crippen molar-refractivity contribution in [1.29, 1.82) is 0 Å². The number of halogens is 2. The van der Waals surface area contributed by atoms with Crippen molar-refractivity contribution in [1.82, 2.24) is 0 Å². The van der Waals surface area contributed by atoms with Gasteiger partial charge in [0.25, 0.3) is 9.05 Å². The lowest BCUT2D eigenvalue weighted by molar-refractivity contribution is 0.217. The van der Waals surface area contributed by atoms with Gasteiger partial charge in [0.05, 0.1) is 4.90 Å². The molecule has 0 N–H and O–H groups in total. The van der Waals surface area contributed by atoms with Gasteiger partial charge in [0.2, 0.25) is 0 Å². The molecule has 112 valence electrons. The highest BCUT2D eigenvalue weighted by Gasteiger charge is 2.09. The fourth-order valence-electron chi connectivity index (χ4n) is 1.55. The Morgan fingerprint density at radius 1 is 0.857 bits per heavy atom. The SMILES string of the molecule is O=S(=O)(Cl)c1ccc(OCCOc2ccc(Br)cc2)cc1. The van der Waals surface area contributed by atoms with E-state index >= 15 is 0 Å². The molecule has 0 aliphatic heterocycles. The number of hydrogen-bond acceptors (Lipinski definition) is 4. The smallest absolute Gasteiger partial charge is 0.261 e. The van der Waals surface area contributed by atoms with Crippen molar-refractivity contribution >= 4 is 35.7 Å². The van der Waals surface area contributed by atoms with Gasteiger partial charge in [-0.3, -0.25) is 0 Å². The maximum atomic E-state index is 11.1. The predicted molar refractivity (Wildman–Crippen MR) is 84.6 cm³/mol. The van der Waals surface area contributed by atoms with Gasteiger partial charge in [-0.2, -0.15) is 0 Å². The van der Waals surface area contributed by atoms with E-state index < -0.39 is 9.05 Å². The quantitative estimate of drug-likeness (QED) is 0.555. The van der Waals surface area contributed by atoms with E-state index in [0.29, 0.717) is 19.0 Å². The zero-order valence-corrected chi connectivity index (χ0v) is 14.0. The summed E-state index contributed by atoms with van der Waals surface area (Å²) in [5.74, 6) is 1.31. The third-order valence-corrected chi connectivity index (χ3v) is 4.44. The van der Waals surface area contributed by atoms with Crippen LogP contribution in [0.15, 0.2) is 57.9 Å². The summed E-state index contributed by atoms with van der Waals surface area (Å²) in [6, 6.07) is 13.4. The van der Waals surface area contributed by atoms with Crippen molar-refractivity contribution in [3.63, 3.8) is 0 Å². The van der Waals surface area contributed by atoms with Crippen molar-refractivity contribution in [2.45, 2.75) is 4.90 Å². The molecule has 0 saturated carbocycles. The third-order valence-electron chi connectivity index (χ3n) is 2.54. The van der Waals surface area contributed by atoms with Crippen LogP contribution in [0.25, 0.3) is 0 Å². The van der Waals surface area contributed by atoms with Crippen LogP contribution in [0.3, 0.4) is 0 Å². The Kier molecular flexibility index (Phi) is 5.50. The van der Waals surface area contributed by atoms with E-state index in [-0.39, 0.29) is 4.90 Å². The van der Waals surface area contributed by atoms with Crippen LogP contribution in [0, 0.1) is 0 Å². The van der Waals surface area contributed by atoms with Crippen molar-refractivity contribution < 1.29 is 17.9 Å². The summed E-state index contributed by atoms with van der Waals surface area (Å²) in [5.41, 5.74) is 0. The molecule has 0 heterocycles. The Hall–Kier alpha value is -1.24. The van der Waals surface area contributed by atoms with Gasteiger partial charge in [0.1, 0.15) is 24.7 Å². The van der Waals surface area contributed by atoms with Crippen LogP contribution in [-0.2, 0) is 9.05 Å². The molecule has 0 amide bonds. The number of ether oxygens (including phenoxy) is 2. The number of benzene rings is 2. The molecule has 4 nitrogen and oxygen atoms in total. The van der Waals surface area contributed by atoms with E-state index in [0.717, 1.165) is 10.2 Å². The Morgan fingerprint density at radius 2 is 1.29 bits per heavy atom. The maximum absolute atomic E-state index is 11.1. The van der Waals surface area contributed by atoms with Crippen LogP contribution >= 0.6 is 26.6 Å². The Morgan fingerprint density at radius 3 is 1.71 bits per heavy atom. The molecule has 21 heavy (non-hydrogen) atoms. The minimum atomic E-state index is -3.70. The summed E-state index contributed by atoms with van der Waals surface area (Å²) in [4.78, 5) is 0.0441. The maximum Gasteiger partial charge on any atom is 0.261 e. The van der Waals surface area contributed by atoms with E-state index in [1.54, 1.807) is 12.1 Å². The first-order chi connectivity index (χ1) is 9.95. The van der Waals surface area contributed by atoms with Crippen LogP contribution in [-0.4, -0.2) is 21.6 Å². The summed E-state index contributed by atoms with van der Waals surface area (Å²) in [7, 11) is 1.53. The molecular weight excluding hydrogens is 380 g/mol. The molecule has 2 rings (SSSR count). The average molecular weight is 392 g/mol. The monoisotopic (exact) mass is 390 g/mol. The molecule has 0 aliphatic rings. The largest absolute Gasteiger partial charge is 0.490 e. The Bertz CT molecular complexity index is 684. The second-order valence-electron chi connectivity index (χ2n) is 4.06. The lowest BCUT2D eigenvalue weighted by atomic mass is 10.3. The van der Waals surface area contributed by atoms with Gasteiger partial charge in [-0.05, 0) is 48.5 Å². The minimum Gasteiger partial charge on any atom is -0.490 e. The second kappa shape index (κ2) is 7.15. The van der Waals surface area contributed by atoms with Gasteiger partial charge >= 0.3 is 0 Å². The van der Waals surface area contributed by atoms with E-state index in [1.165, 1.54) is 12.1 Å². The molecule has 0 atom stereocenters. The molecule has 0 saturated heterocycles. The van der Waals surface area contributed by atoms with E-state index in [1.807, 2.05) is 24.3 Å². The summed E-state index contributed by atoms with van der Waals surface area (Å²) in [5, 5.41) is 0. The van der Waals surface area contributed by atoms with E-state index in [9.17, 15) is 8.42 Å². The van der Waals surface area contributed by atoms with Crippen LogP contribution < -0.4 is 9.47 Å². The van der Waals surface area contributed by atoms with Crippen LogP contribution in [0.4, 0.5) is 0 Å². The lowest BCUT2D eigenvalue weighted by Crippen LogP contribution is -2.08. The van der Waals surface area contributed by atoms with Gasteiger partial charge < -0.3 is 9.47 Å². The first kappa shape index (κ1) is 16.1. The molecule has 0 aromatic heterocycles. The van der Waals surface area contributed by atoms with Crippen molar-refractivity contribution in [2.24, 2.45) is 0 Å². The van der Waals surface area contributed by atoms with Gasteiger partial charge in [-0.15, -0.1) is 0 Å². The first-order valence-electron chi connectivity index (χ1n) is 6.01. The summed E-state index contributed by atoms with van der Waals surface area (Å²) >= 11 is 3.35. The normalized spacial score (nSPS) is 11.1. The zero-order chi connectivity index (χ0) is 15.3. The van der Waals surface area contributed by atoms with Crippen molar-refractivity contribution in [2.75, 3.05) is 13.2 Å². The lowest BCUT2D eigenvalue weighted by Gasteiger charge is -2.08. The topological polar surface area (TPSA) is 52.6 Å². The highest BCUT2D eigenvalue weighted by molar-refractivity contribution is 9.10. The molecular formula is C14H12BrClO4S. The molecule has 0 spiro atoms. The van der Waals surface area contributed by atoms with Gasteiger partial charge in [-0.25, -0.2) is 8.42 Å². The van der Waals surface area contributed by atoms with Gasteiger partial charge in [-0.1, -0.05) is 15.9 Å². The number of rotatable bonds is 6. The second-order valence-corrected chi connectivity index (χ2v) is 7.54. The fourth-order valence-corrected chi connectivity index (χ4v) is 2.58. The van der Waals surface area contributed by atoms with Gasteiger partial charge in [0, 0.05) is 15.2 Å². The third kappa shape index (κ3) is 5.22. The first-order valence-corrected chi connectivity index (χ1v) is 9.11. The van der Waals surface area contributed by atoms with Crippen molar-refractivity contribution in [3.8, 4) is 11.5 Å². The van der Waals surface area contributed by atoms with Gasteiger partial charge in [0.15, 0.2) is 0 Å². The van der Waals surface area contributed by atoms with Crippen LogP contribution in [0.2, 0.25) is 0 Å².